The molecule has 1 unspecified atom stereocenters. The van der Waals surface area contributed by atoms with E-state index in [0.29, 0.717) is 13.2 Å². The SMILES string of the molecule is COCCN1OC(C(N)=O)=CC1c1ccc2c(c1)CCNC2. The summed E-state index contributed by atoms with van der Waals surface area (Å²) >= 11 is 0. The van der Waals surface area contributed by atoms with Crippen LogP contribution >= 0.6 is 0 Å². The lowest BCUT2D eigenvalue weighted by Gasteiger charge is -2.24. The van der Waals surface area contributed by atoms with Crippen molar-refractivity contribution in [3.8, 4) is 0 Å². The van der Waals surface area contributed by atoms with Crippen molar-refractivity contribution in [3.63, 3.8) is 0 Å². The Morgan fingerprint density at radius 1 is 1.50 bits per heavy atom. The third-order valence-corrected chi connectivity index (χ3v) is 4.05. The molecule has 2 aliphatic heterocycles. The summed E-state index contributed by atoms with van der Waals surface area (Å²) in [4.78, 5) is 17.0. The van der Waals surface area contributed by atoms with E-state index in [4.69, 9.17) is 15.3 Å². The molecular weight excluding hydrogens is 282 g/mol. The van der Waals surface area contributed by atoms with Crippen LogP contribution in [0.2, 0.25) is 0 Å². The molecule has 0 saturated heterocycles. The zero-order valence-corrected chi connectivity index (χ0v) is 12.7. The van der Waals surface area contributed by atoms with Crippen molar-refractivity contribution in [1.29, 1.82) is 0 Å². The summed E-state index contributed by atoms with van der Waals surface area (Å²) in [6, 6.07) is 6.31. The Hall–Kier alpha value is -1.89. The molecule has 0 aromatic heterocycles. The van der Waals surface area contributed by atoms with E-state index in [1.54, 1.807) is 18.2 Å². The van der Waals surface area contributed by atoms with Gasteiger partial charge >= 0.3 is 0 Å². The van der Waals surface area contributed by atoms with Gasteiger partial charge in [-0.2, -0.15) is 0 Å². The highest BCUT2D eigenvalue weighted by molar-refractivity contribution is 5.90. The maximum absolute atomic E-state index is 11.4. The second-order valence-electron chi connectivity index (χ2n) is 5.52. The summed E-state index contributed by atoms with van der Waals surface area (Å²) in [7, 11) is 1.64. The molecule has 1 aromatic carbocycles. The van der Waals surface area contributed by atoms with Crippen LogP contribution in [0.5, 0.6) is 0 Å². The van der Waals surface area contributed by atoms with Gasteiger partial charge in [-0.05, 0) is 35.7 Å². The minimum atomic E-state index is -0.549. The predicted octanol–water partition coefficient (Wildman–Crippen LogP) is 0.636. The second kappa shape index (κ2) is 6.48. The Balaban J connectivity index is 1.87. The third kappa shape index (κ3) is 2.99. The van der Waals surface area contributed by atoms with Gasteiger partial charge in [0.05, 0.1) is 19.2 Å². The van der Waals surface area contributed by atoms with Gasteiger partial charge in [0.15, 0.2) is 0 Å². The molecule has 2 heterocycles. The fourth-order valence-electron chi connectivity index (χ4n) is 2.88. The van der Waals surface area contributed by atoms with E-state index in [2.05, 4.69) is 23.5 Å². The summed E-state index contributed by atoms with van der Waals surface area (Å²) in [6.07, 6.45) is 2.79. The zero-order chi connectivity index (χ0) is 15.5. The lowest BCUT2D eigenvalue weighted by atomic mass is 9.95. The number of ether oxygens (including phenoxy) is 1. The largest absolute Gasteiger partial charge is 0.399 e. The van der Waals surface area contributed by atoms with Crippen molar-refractivity contribution in [3.05, 3.63) is 46.7 Å². The van der Waals surface area contributed by atoms with Gasteiger partial charge in [-0.1, -0.05) is 18.2 Å². The monoisotopic (exact) mass is 303 g/mol. The molecule has 0 spiro atoms. The topological polar surface area (TPSA) is 76.8 Å². The van der Waals surface area contributed by atoms with Crippen molar-refractivity contribution < 1.29 is 14.4 Å². The summed E-state index contributed by atoms with van der Waals surface area (Å²) < 4.78 is 5.10. The molecule has 6 nitrogen and oxygen atoms in total. The lowest BCUT2D eigenvalue weighted by molar-refractivity contribution is -0.144. The van der Waals surface area contributed by atoms with Crippen LogP contribution in [0.4, 0.5) is 0 Å². The van der Waals surface area contributed by atoms with Gasteiger partial charge in [0.2, 0.25) is 5.76 Å². The van der Waals surface area contributed by atoms with Gasteiger partial charge in [-0.25, -0.2) is 0 Å². The lowest BCUT2D eigenvalue weighted by Crippen LogP contribution is -2.28. The van der Waals surface area contributed by atoms with Crippen molar-refractivity contribution in [1.82, 2.24) is 10.4 Å². The van der Waals surface area contributed by atoms with Gasteiger partial charge in [-0.15, -0.1) is 5.06 Å². The van der Waals surface area contributed by atoms with E-state index in [0.717, 1.165) is 25.1 Å². The molecule has 1 atom stereocenters. The Labute approximate surface area is 129 Å². The molecule has 0 radical (unpaired) electrons. The first kappa shape index (κ1) is 15.0. The van der Waals surface area contributed by atoms with Gasteiger partial charge in [0.1, 0.15) is 0 Å². The maximum atomic E-state index is 11.4. The van der Waals surface area contributed by atoms with Gasteiger partial charge in [-0.3, -0.25) is 4.79 Å². The van der Waals surface area contributed by atoms with E-state index >= 15 is 0 Å². The fourth-order valence-corrected chi connectivity index (χ4v) is 2.88. The standard InChI is InChI=1S/C16H21N3O3/c1-21-7-6-19-14(9-15(22-19)16(17)20)12-2-3-13-10-18-5-4-11(13)8-12/h2-3,8-9,14,18H,4-7,10H2,1H3,(H2,17,20). The molecule has 22 heavy (non-hydrogen) atoms. The first-order valence-electron chi connectivity index (χ1n) is 7.46. The summed E-state index contributed by atoms with van der Waals surface area (Å²) in [6.45, 7) is 2.98. The maximum Gasteiger partial charge on any atom is 0.286 e. The summed E-state index contributed by atoms with van der Waals surface area (Å²) in [5.74, 6) is -0.354. The molecule has 0 bridgehead atoms. The number of methoxy groups -OCH3 is 1. The number of nitrogens with two attached hydrogens (primary N) is 1. The number of nitrogens with zero attached hydrogens (tertiary/aromatic N) is 1. The Morgan fingerprint density at radius 3 is 3.14 bits per heavy atom. The number of rotatable bonds is 5. The van der Waals surface area contributed by atoms with E-state index in [1.807, 2.05) is 0 Å². The number of primary amides is 1. The van der Waals surface area contributed by atoms with E-state index in [-0.39, 0.29) is 11.8 Å². The number of hydrogen-bond acceptors (Lipinski definition) is 5. The molecular formula is C16H21N3O3. The third-order valence-electron chi connectivity index (χ3n) is 4.05. The highest BCUT2D eigenvalue weighted by atomic mass is 16.7. The van der Waals surface area contributed by atoms with E-state index in [1.165, 1.54) is 11.1 Å². The van der Waals surface area contributed by atoms with Crippen molar-refractivity contribution in [2.45, 2.75) is 19.0 Å². The molecule has 1 aromatic rings. The van der Waals surface area contributed by atoms with Gasteiger partial charge in [0.25, 0.3) is 5.91 Å². The van der Waals surface area contributed by atoms with Crippen LogP contribution in [0.15, 0.2) is 30.0 Å². The van der Waals surface area contributed by atoms with Crippen LogP contribution in [0.25, 0.3) is 0 Å². The minimum Gasteiger partial charge on any atom is -0.399 e. The molecule has 0 fully saturated rings. The van der Waals surface area contributed by atoms with Crippen LogP contribution in [0.1, 0.15) is 22.7 Å². The number of carbonyl (C=O) groups excluding carboxylic acids is 1. The Morgan fingerprint density at radius 2 is 2.36 bits per heavy atom. The van der Waals surface area contributed by atoms with Gasteiger partial charge < -0.3 is 20.6 Å². The summed E-state index contributed by atoms with van der Waals surface area (Å²) in [5.41, 5.74) is 9.13. The van der Waals surface area contributed by atoms with Crippen LogP contribution in [0.3, 0.4) is 0 Å². The molecule has 3 rings (SSSR count). The molecule has 118 valence electrons. The van der Waals surface area contributed by atoms with Crippen molar-refractivity contribution in [2.75, 3.05) is 26.8 Å². The van der Waals surface area contributed by atoms with E-state index < -0.39 is 5.91 Å². The average Bonchev–Trinajstić information content (AvgIpc) is 2.97. The zero-order valence-electron chi connectivity index (χ0n) is 12.7. The highest BCUT2D eigenvalue weighted by Crippen LogP contribution is 2.32. The van der Waals surface area contributed by atoms with Crippen LogP contribution < -0.4 is 11.1 Å². The predicted molar refractivity (Wildman–Crippen MR) is 81.5 cm³/mol. The number of hydrogen-bond donors (Lipinski definition) is 2. The Kier molecular flexibility index (Phi) is 4.42. The average molecular weight is 303 g/mol. The quantitative estimate of drug-likeness (QED) is 0.834. The first-order chi connectivity index (χ1) is 10.7. The minimum absolute atomic E-state index is 0.113. The van der Waals surface area contributed by atoms with Crippen LogP contribution in [0, 0.1) is 0 Å². The van der Waals surface area contributed by atoms with E-state index in [9.17, 15) is 4.79 Å². The molecule has 1 amide bonds. The van der Waals surface area contributed by atoms with Gasteiger partial charge in [0, 0.05) is 13.7 Å². The number of amides is 1. The molecule has 2 aliphatic rings. The number of nitrogens with one attached hydrogen (secondary N) is 1. The molecule has 0 aliphatic carbocycles. The number of fused-ring (bicyclic) bond motifs is 1. The number of hydroxylamine groups is 2. The van der Waals surface area contributed by atoms with Crippen LogP contribution in [-0.2, 0) is 27.3 Å². The smallest absolute Gasteiger partial charge is 0.286 e. The van der Waals surface area contributed by atoms with Crippen molar-refractivity contribution in [2.24, 2.45) is 5.73 Å². The first-order valence-corrected chi connectivity index (χ1v) is 7.46. The van der Waals surface area contributed by atoms with Crippen LogP contribution in [-0.4, -0.2) is 37.8 Å². The Bertz CT molecular complexity index is 600. The summed E-state index contributed by atoms with van der Waals surface area (Å²) in [5, 5.41) is 5.11. The molecule has 0 saturated carbocycles. The van der Waals surface area contributed by atoms with Crippen molar-refractivity contribution >= 4 is 5.91 Å². The highest BCUT2D eigenvalue weighted by Gasteiger charge is 2.31. The number of benzene rings is 1. The fraction of sp³-hybridized carbons (Fsp3) is 0.438. The normalized spacial score (nSPS) is 21.1. The molecule has 3 N–H and O–H groups in total. The second-order valence-corrected chi connectivity index (χ2v) is 5.52. The number of carbonyl (C=O) groups is 1. The molecule has 6 heteroatoms.